The molecule has 0 spiro atoms. The summed E-state index contributed by atoms with van der Waals surface area (Å²) < 4.78 is 5.10. The summed E-state index contributed by atoms with van der Waals surface area (Å²) in [6.45, 7) is 0.669. The minimum absolute atomic E-state index is 0.180. The third-order valence-electron chi connectivity index (χ3n) is 3.24. The van der Waals surface area contributed by atoms with E-state index in [0.717, 1.165) is 17.5 Å². The third-order valence-corrected chi connectivity index (χ3v) is 4.50. The number of alkyl halides is 1. The van der Waals surface area contributed by atoms with Gasteiger partial charge >= 0.3 is 6.09 Å². The second kappa shape index (κ2) is 4.95. The van der Waals surface area contributed by atoms with E-state index in [4.69, 9.17) is 4.74 Å². The molecular formula is C12H13IN4O2. The first-order valence-corrected chi connectivity index (χ1v) is 7.25. The topological polar surface area (TPSA) is 60.2 Å². The summed E-state index contributed by atoms with van der Waals surface area (Å²) in [6.07, 6.45) is 0.407. The first kappa shape index (κ1) is 12.6. The molecule has 3 rings (SSSR count). The monoisotopic (exact) mass is 372 g/mol. The molecule has 19 heavy (non-hydrogen) atoms. The number of benzene rings is 1. The molecule has 1 saturated heterocycles. The van der Waals surface area contributed by atoms with Crippen LogP contribution in [0.1, 0.15) is 12.6 Å². The van der Waals surface area contributed by atoms with Gasteiger partial charge in [0.15, 0.2) is 6.17 Å². The van der Waals surface area contributed by atoms with Crippen molar-refractivity contribution in [1.82, 2.24) is 19.9 Å². The maximum atomic E-state index is 11.8. The number of carbonyl (C=O) groups is 1. The molecule has 1 aliphatic rings. The molecule has 1 aromatic carbocycles. The van der Waals surface area contributed by atoms with Crippen molar-refractivity contribution in [3.05, 3.63) is 24.3 Å². The molecule has 0 saturated carbocycles. The number of nitrogens with zero attached hydrogens (tertiary/aromatic N) is 4. The number of methoxy groups -OCH3 is 1. The Kier molecular flexibility index (Phi) is 3.29. The maximum absolute atomic E-state index is 11.8. The Bertz CT molecular complexity index is 582. The van der Waals surface area contributed by atoms with Crippen LogP contribution in [0, 0.1) is 0 Å². The fourth-order valence-corrected chi connectivity index (χ4v) is 3.27. The lowest BCUT2D eigenvalue weighted by Crippen LogP contribution is -2.36. The fraction of sp³-hybridized carbons (Fsp3) is 0.417. The minimum atomic E-state index is -0.328. The highest BCUT2D eigenvalue weighted by atomic mass is 127. The summed E-state index contributed by atoms with van der Waals surface area (Å²) in [5.41, 5.74) is 1.67. The Morgan fingerprint density at radius 1 is 1.37 bits per heavy atom. The van der Waals surface area contributed by atoms with Crippen molar-refractivity contribution < 1.29 is 9.53 Å². The highest BCUT2D eigenvalue weighted by Crippen LogP contribution is 2.33. The van der Waals surface area contributed by atoms with E-state index in [1.54, 1.807) is 9.70 Å². The van der Waals surface area contributed by atoms with E-state index < -0.39 is 0 Å². The zero-order valence-electron chi connectivity index (χ0n) is 10.4. The summed E-state index contributed by atoms with van der Waals surface area (Å²) in [5, 5.41) is 8.93. The fourth-order valence-electron chi connectivity index (χ4n) is 2.32. The average molecular weight is 372 g/mol. The lowest BCUT2D eigenvalue weighted by atomic mass is 10.3. The summed E-state index contributed by atoms with van der Waals surface area (Å²) in [4.78, 5) is 15.1. The van der Waals surface area contributed by atoms with E-state index in [1.165, 1.54) is 7.11 Å². The molecule has 1 fully saturated rings. The van der Waals surface area contributed by atoms with Gasteiger partial charge in [-0.15, -0.1) is 0 Å². The van der Waals surface area contributed by atoms with Crippen LogP contribution < -0.4 is 0 Å². The van der Waals surface area contributed by atoms with Crippen molar-refractivity contribution >= 4 is 39.7 Å². The second-order valence-electron chi connectivity index (χ2n) is 4.39. The van der Waals surface area contributed by atoms with Crippen LogP contribution in [0.25, 0.3) is 11.0 Å². The predicted octanol–water partition coefficient (Wildman–Crippen LogP) is 2.21. The highest BCUT2D eigenvalue weighted by molar-refractivity contribution is 14.1. The maximum Gasteiger partial charge on any atom is 0.411 e. The predicted molar refractivity (Wildman–Crippen MR) is 78.1 cm³/mol. The van der Waals surface area contributed by atoms with Crippen LogP contribution in [0.4, 0.5) is 4.79 Å². The molecule has 1 amide bonds. The number of fused-ring (bicyclic) bond motifs is 1. The number of halogens is 1. The van der Waals surface area contributed by atoms with E-state index in [-0.39, 0.29) is 16.2 Å². The molecule has 1 aromatic heterocycles. The van der Waals surface area contributed by atoms with Crippen molar-refractivity contribution in [3.63, 3.8) is 0 Å². The SMILES string of the molecule is COC(=O)N1CC[C@@H](I)[C@@H]1n1nc2ccccc2n1. The number of rotatable bonds is 1. The molecule has 100 valence electrons. The van der Waals surface area contributed by atoms with Gasteiger partial charge in [-0.25, -0.2) is 4.79 Å². The first-order valence-electron chi connectivity index (χ1n) is 6.01. The van der Waals surface area contributed by atoms with Crippen molar-refractivity contribution in [3.8, 4) is 0 Å². The lowest BCUT2D eigenvalue weighted by molar-refractivity contribution is 0.0984. The van der Waals surface area contributed by atoms with E-state index in [9.17, 15) is 4.79 Å². The first-order chi connectivity index (χ1) is 9.20. The summed E-state index contributed by atoms with van der Waals surface area (Å²) in [6, 6.07) is 7.68. The molecule has 0 bridgehead atoms. The van der Waals surface area contributed by atoms with Crippen LogP contribution in [-0.2, 0) is 4.74 Å². The van der Waals surface area contributed by atoms with Gasteiger partial charge in [0.1, 0.15) is 11.0 Å². The number of hydrogen-bond donors (Lipinski definition) is 0. The second-order valence-corrected chi connectivity index (χ2v) is 5.99. The van der Waals surface area contributed by atoms with Crippen molar-refractivity contribution in [1.29, 1.82) is 0 Å². The van der Waals surface area contributed by atoms with E-state index in [1.807, 2.05) is 24.3 Å². The van der Waals surface area contributed by atoms with Gasteiger partial charge in [-0.1, -0.05) is 34.7 Å². The number of aromatic nitrogens is 3. The Balaban J connectivity index is 2.00. The molecule has 6 nitrogen and oxygen atoms in total. The van der Waals surface area contributed by atoms with Crippen LogP contribution in [0.2, 0.25) is 0 Å². The molecular weight excluding hydrogens is 359 g/mol. The van der Waals surface area contributed by atoms with Crippen LogP contribution in [-0.4, -0.2) is 43.6 Å². The minimum Gasteiger partial charge on any atom is -0.453 e. The molecule has 0 radical (unpaired) electrons. The average Bonchev–Trinajstić information content (AvgIpc) is 3.00. The zero-order valence-corrected chi connectivity index (χ0v) is 12.5. The number of ether oxygens (including phenoxy) is 1. The molecule has 0 N–H and O–H groups in total. The van der Waals surface area contributed by atoms with Gasteiger partial charge in [-0.3, -0.25) is 4.90 Å². The normalized spacial score (nSPS) is 22.9. The van der Waals surface area contributed by atoms with Gasteiger partial charge in [0.05, 0.1) is 11.0 Å². The van der Waals surface area contributed by atoms with Crippen LogP contribution >= 0.6 is 22.6 Å². The number of carbonyl (C=O) groups excluding carboxylic acids is 1. The lowest BCUT2D eigenvalue weighted by Gasteiger charge is -2.23. The highest BCUT2D eigenvalue weighted by Gasteiger charge is 2.39. The van der Waals surface area contributed by atoms with E-state index in [2.05, 4.69) is 32.8 Å². The van der Waals surface area contributed by atoms with Crippen LogP contribution in [0.15, 0.2) is 24.3 Å². The standard InChI is InChI=1S/C12H13IN4O2/c1-19-12(18)16-7-6-8(13)11(16)17-14-9-4-2-3-5-10(9)15-17/h2-5,8,11H,6-7H2,1H3/t8-,11+/m1/s1. The Hall–Kier alpha value is -1.38. The Morgan fingerprint density at radius 2 is 2.00 bits per heavy atom. The number of amides is 1. The molecule has 2 heterocycles. The molecule has 2 aromatic rings. The van der Waals surface area contributed by atoms with E-state index in [0.29, 0.717) is 6.54 Å². The number of hydrogen-bond acceptors (Lipinski definition) is 4. The molecule has 1 aliphatic heterocycles. The van der Waals surface area contributed by atoms with Crippen LogP contribution in [0.5, 0.6) is 0 Å². The number of likely N-dealkylation sites (tertiary alicyclic amines) is 1. The van der Waals surface area contributed by atoms with Gasteiger partial charge in [0.25, 0.3) is 0 Å². The zero-order chi connectivity index (χ0) is 13.4. The van der Waals surface area contributed by atoms with Crippen molar-refractivity contribution in [2.75, 3.05) is 13.7 Å². The van der Waals surface area contributed by atoms with Crippen molar-refractivity contribution in [2.24, 2.45) is 0 Å². The van der Waals surface area contributed by atoms with Crippen LogP contribution in [0.3, 0.4) is 0 Å². The van der Waals surface area contributed by atoms with E-state index >= 15 is 0 Å². The Morgan fingerprint density at radius 3 is 2.58 bits per heavy atom. The van der Waals surface area contributed by atoms with Crippen molar-refractivity contribution in [2.45, 2.75) is 16.5 Å². The van der Waals surface area contributed by atoms with Gasteiger partial charge in [-0.2, -0.15) is 15.0 Å². The molecule has 0 unspecified atom stereocenters. The summed E-state index contributed by atoms with van der Waals surface area (Å²) in [5.74, 6) is 0. The summed E-state index contributed by atoms with van der Waals surface area (Å²) >= 11 is 2.34. The Labute approximate surface area is 123 Å². The largest absolute Gasteiger partial charge is 0.453 e. The smallest absolute Gasteiger partial charge is 0.411 e. The third kappa shape index (κ3) is 2.15. The summed E-state index contributed by atoms with van der Waals surface area (Å²) in [7, 11) is 1.40. The van der Waals surface area contributed by atoms with Gasteiger partial charge < -0.3 is 4.74 Å². The van der Waals surface area contributed by atoms with Gasteiger partial charge in [0.2, 0.25) is 0 Å². The molecule has 2 atom stereocenters. The molecule has 0 aliphatic carbocycles. The quantitative estimate of drug-likeness (QED) is 0.569. The van der Waals surface area contributed by atoms with Gasteiger partial charge in [-0.05, 0) is 18.6 Å². The van der Waals surface area contributed by atoms with Gasteiger partial charge in [0, 0.05) is 6.54 Å². The molecule has 7 heteroatoms.